The lowest BCUT2D eigenvalue weighted by Gasteiger charge is -2.12. The van der Waals surface area contributed by atoms with Gasteiger partial charge in [0.05, 0.1) is 6.21 Å². The van der Waals surface area contributed by atoms with Crippen LogP contribution in [0, 0.1) is 0 Å². The van der Waals surface area contributed by atoms with Gasteiger partial charge in [-0.05, 0) is 29.3 Å². The number of nitrogens with two attached hydrogens (primary N) is 1. The summed E-state index contributed by atoms with van der Waals surface area (Å²) in [5, 5.41) is 6.66. The highest BCUT2D eigenvalue weighted by Gasteiger charge is 2.06. The quantitative estimate of drug-likeness (QED) is 0.277. The topological polar surface area (TPSA) is 81.8 Å². The van der Waals surface area contributed by atoms with Gasteiger partial charge in [0, 0.05) is 10.9 Å². The van der Waals surface area contributed by atoms with Crippen LogP contribution < -0.4 is 20.6 Å². The fraction of sp³-hybridized carbons (Fsp3) is 0.0833. The van der Waals surface area contributed by atoms with Crippen LogP contribution in [0.3, 0.4) is 0 Å². The van der Waals surface area contributed by atoms with Crippen molar-refractivity contribution in [2.24, 2.45) is 5.10 Å². The predicted molar refractivity (Wildman–Crippen MR) is 126 cm³/mol. The van der Waals surface area contributed by atoms with Crippen LogP contribution in [0.4, 0.5) is 10.9 Å². The minimum atomic E-state index is 0.461. The molecule has 156 valence electrons. The third kappa shape index (κ3) is 6.07. The normalized spacial score (nSPS) is 10.8. The molecule has 0 aliphatic heterocycles. The molecule has 6 nitrogen and oxygen atoms in total. The molecule has 0 spiro atoms. The standard InChI is InChI=1S/C24H22N4O2S/c25-23-17-31-24(27-23)28-26-14-20-13-21(29-15-18-7-3-1-4-8-18)11-12-22(20)30-16-19-9-5-2-6-10-19/h1-14,17H,15-16,25H2,(H,27,28). The van der Waals surface area contributed by atoms with Crippen LogP contribution in [0.2, 0.25) is 0 Å². The molecule has 0 bridgehead atoms. The molecular weight excluding hydrogens is 408 g/mol. The first-order chi connectivity index (χ1) is 15.3. The van der Waals surface area contributed by atoms with Crippen molar-refractivity contribution in [1.82, 2.24) is 4.98 Å². The number of hydrogen-bond donors (Lipinski definition) is 2. The summed E-state index contributed by atoms with van der Waals surface area (Å²) in [4.78, 5) is 4.14. The molecule has 31 heavy (non-hydrogen) atoms. The average Bonchev–Trinajstić information content (AvgIpc) is 3.23. The van der Waals surface area contributed by atoms with Crippen molar-refractivity contribution in [1.29, 1.82) is 0 Å². The van der Waals surface area contributed by atoms with E-state index in [1.165, 1.54) is 11.3 Å². The molecule has 0 saturated carbocycles. The van der Waals surface area contributed by atoms with E-state index in [9.17, 15) is 0 Å². The maximum Gasteiger partial charge on any atom is 0.205 e. The lowest BCUT2D eigenvalue weighted by Crippen LogP contribution is -2.01. The maximum atomic E-state index is 6.04. The second-order valence-electron chi connectivity index (χ2n) is 6.70. The largest absolute Gasteiger partial charge is 0.489 e. The zero-order chi connectivity index (χ0) is 21.3. The number of aromatic nitrogens is 1. The number of thiazole rings is 1. The molecule has 1 aromatic heterocycles. The molecule has 0 saturated heterocycles. The summed E-state index contributed by atoms with van der Waals surface area (Å²) in [5.41, 5.74) is 11.5. The first kappa shape index (κ1) is 20.4. The van der Waals surface area contributed by atoms with Crippen molar-refractivity contribution in [3.63, 3.8) is 0 Å². The highest BCUT2D eigenvalue weighted by atomic mass is 32.1. The van der Waals surface area contributed by atoms with Gasteiger partial charge >= 0.3 is 0 Å². The predicted octanol–water partition coefficient (Wildman–Crippen LogP) is 5.33. The third-order valence-corrected chi connectivity index (χ3v) is 5.12. The van der Waals surface area contributed by atoms with Crippen LogP contribution in [0.1, 0.15) is 16.7 Å². The minimum absolute atomic E-state index is 0.461. The van der Waals surface area contributed by atoms with E-state index >= 15 is 0 Å². The number of rotatable bonds is 9. The van der Waals surface area contributed by atoms with Crippen molar-refractivity contribution < 1.29 is 9.47 Å². The van der Waals surface area contributed by atoms with Crippen LogP contribution in [0.15, 0.2) is 89.3 Å². The Hall–Kier alpha value is -3.84. The lowest BCUT2D eigenvalue weighted by molar-refractivity contribution is 0.297. The summed E-state index contributed by atoms with van der Waals surface area (Å²) in [6.07, 6.45) is 1.69. The monoisotopic (exact) mass is 430 g/mol. The molecular formula is C24H22N4O2S. The van der Waals surface area contributed by atoms with Gasteiger partial charge in [-0.1, -0.05) is 60.7 Å². The zero-order valence-electron chi connectivity index (χ0n) is 16.8. The van der Waals surface area contributed by atoms with E-state index < -0.39 is 0 Å². The fourth-order valence-electron chi connectivity index (χ4n) is 2.82. The highest BCUT2D eigenvalue weighted by Crippen LogP contribution is 2.25. The van der Waals surface area contributed by atoms with E-state index in [-0.39, 0.29) is 0 Å². The van der Waals surface area contributed by atoms with Gasteiger partial charge < -0.3 is 15.2 Å². The SMILES string of the molecule is Nc1csc(NN=Cc2cc(OCc3ccccc3)ccc2OCc2ccccc2)n1. The highest BCUT2D eigenvalue weighted by molar-refractivity contribution is 7.14. The summed E-state index contributed by atoms with van der Waals surface area (Å²) in [6, 6.07) is 25.8. The molecule has 4 rings (SSSR count). The van der Waals surface area contributed by atoms with Gasteiger partial charge in [-0.2, -0.15) is 5.10 Å². The van der Waals surface area contributed by atoms with Crippen LogP contribution in [-0.2, 0) is 13.2 Å². The van der Waals surface area contributed by atoms with Gasteiger partial charge in [-0.25, -0.2) is 4.98 Å². The number of ether oxygens (including phenoxy) is 2. The average molecular weight is 431 g/mol. The molecule has 1 heterocycles. The molecule has 3 N–H and O–H groups in total. The third-order valence-electron chi connectivity index (χ3n) is 4.35. The van der Waals surface area contributed by atoms with E-state index in [1.807, 2.05) is 78.9 Å². The van der Waals surface area contributed by atoms with Crippen LogP contribution in [0.5, 0.6) is 11.5 Å². The molecule has 3 aromatic carbocycles. The Balaban J connectivity index is 1.49. The van der Waals surface area contributed by atoms with Crippen molar-refractivity contribution in [2.75, 3.05) is 11.2 Å². The van der Waals surface area contributed by atoms with E-state index in [0.29, 0.717) is 29.9 Å². The molecule has 0 aliphatic carbocycles. The van der Waals surface area contributed by atoms with Crippen LogP contribution in [-0.4, -0.2) is 11.2 Å². The Morgan fingerprint density at radius 2 is 1.58 bits per heavy atom. The molecule has 0 unspecified atom stereocenters. The number of nitrogens with one attached hydrogen (secondary N) is 1. The zero-order valence-corrected chi connectivity index (χ0v) is 17.6. The Morgan fingerprint density at radius 1 is 0.903 bits per heavy atom. The second-order valence-corrected chi connectivity index (χ2v) is 7.55. The number of nitrogens with zero attached hydrogens (tertiary/aromatic N) is 2. The fourth-order valence-corrected chi connectivity index (χ4v) is 3.37. The molecule has 0 amide bonds. The first-order valence-corrected chi connectivity index (χ1v) is 10.6. The molecule has 0 atom stereocenters. The van der Waals surface area contributed by atoms with E-state index in [4.69, 9.17) is 15.2 Å². The van der Waals surface area contributed by atoms with Crippen molar-refractivity contribution in [3.8, 4) is 11.5 Å². The smallest absolute Gasteiger partial charge is 0.205 e. The van der Waals surface area contributed by atoms with Gasteiger partial charge in [-0.15, -0.1) is 11.3 Å². The second kappa shape index (κ2) is 10.3. The van der Waals surface area contributed by atoms with Crippen LogP contribution >= 0.6 is 11.3 Å². The Kier molecular flexibility index (Phi) is 6.77. The first-order valence-electron chi connectivity index (χ1n) is 9.74. The Labute approximate surface area is 185 Å². The number of benzene rings is 3. The molecule has 4 aromatic rings. The number of hydrazone groups is 1. The molecule has 0 fully saturated rings. The minimum Gasteiger partial charge on any atom is -0.489 e. The van der Waals surface area contributed by atoms with Crippen molar-refractivity contribution >= 4 is 28.5 Å². The van der Waals surface area contributed by atoms with E-state index in [2.05, 4.69) is 15.5 Å². The van der Waals surface area contributed by atoms with Gasteiger partial charge in [0.2, 0.25) is 5.13 Å². The van der Waals surface area contributed by atoms with Gasteiger partial charge in [0.1, 0.15) is 30.5 Å². The maximum absolute atomic E-state index is 6.04. The van der Waals surface area contributed by atoms with E-state index in [1.54, 1.807) is 11.6 Å². The molecule has 0 aliphatic rings. The number of nitrogen functional groups attached to an aromatic ring is 1. The van der Waals surface area contributed by atoms with Crippen LogP contribution in [0.25, 0.3) is 0 Å². The van der Waals surface area contributed by atoms with Gasteiger partial charge in [-0.3, -0.25) is 5.43 Å². The van der Waals surface area contributed by atoms with Crippen molar-refractivity contribution in [3.05, 3.63) is 101 Å². The van der Waals surface area contributed by atoms with Gasteiger partial charge in [0.25, 0.3) is 0 Å². The summed E-state index contributed by atoms with van der Waals surface area (Å²) in [6.45, 7) is 0.945. The summed E-state index contributed by atoms with van der Waals surface area (Å²) in [5.74, 6) is 1.90. The van der Waals surface area contributed by atoms with Crippen molar-refractivity contribution in [2.45, 2.75) is 13.2 Å². The number of anilines is 2. The van der Waals surface area contributed by atoms with Gasteiger partial charge in [0.15, 0.2) is 0 Å². The summed E-state index contributed by atoms with van der Waals surface area (Å²) < 4.78 is 12.0. The molecule has 0 radical (unpaired) electrons. The number of hydrogen-bond acceptors (Lipinski definition) is 7. The summed E-state index contributed by atoms with van der Waals surface area (Å²) >= 11 is 1.39. The molecule has 7 heteroatoms. The lowest BCUT2D eigenvalue weighted by atomic mass is 10.2. The Morgan fingerprint density at radius 3 is 2.23 bits per heavy atom. The summed E-state index contributed by atoms with van der Waals surface area (Å²) in [7, 11) is 0. The van der Waals surface area contributed by atoms with E-state index in [0.717, 1.165) is 22.4 Å². The Bertz CT molecular complexity index is 1130.